The van der Waals surface area contributed by atoms with Gasteiger partial charge in [-0.3, -0.25) is 0 Å². The van der Waals surface area contributed by atoms with E-state index in [1.807, 2.05) is 0 Å². The molecule has 1 aromatic rings. The van der Waals surface area contributed by atoms with E-state index in [2.05, 4.69) is 0 Å². The van der Waals surface area contributed by atoms with Crippen molar-refractivity contribution < 1.29 is 23.8 Å². The summed E-state index contributed by atoms with van der Waals surface area (Å²) < 4.78 is 15.1. The van der Waals surface area contributed by atoms with Gasteiger partial charge in [0.2, 0.25) is 5.76 Å². The molecule has 0 atom stereocenters. The van der Waals surface area contributed by atoms with Crippen molar-refractivity contribution in [3.05, 3.63) is 23.7 Å². The summed E-state index contributed by atoms with van der Waals surface area (Å²) in [6.45, 7) is 1.51. The molecule has 5 nitrogen and oxygen atoms in total. The first-order chi connectivity index (χ1) is 7.24. The fraction of sp³-hybridized carbons (Fsp3) is 0.500. The lowest BCUT2D eigenvalue weighted by Crippen LogP contribution is -1.98. The summed E-state index contributed by atoms with van der Waals surface area (Å²) in [7, 11) is 1.63. The number of carboxylic acids is 1. The topological polar surface area (TPSA) is 68.9 Å². The maximum atomic E-state index is 10.5. The number of rotatable bonds is 7. The van der Waals surface area contributed by atoms with Crippen molar-refractivity contribution in [3.8, 4) is 0 Å². The van der Waals surface area contributed by atoms with E-state index < -0.39 is 5.97 Å². The molecule has 0 aliphatic rings. The van der Waals surface area contributed by atoms with E-state index in [1.165, 1.54) is 6.07 Å². The first-order valence-corrected chi connectivity index (χ1v) is 4.62. The van der Waals surface area contributed by atoms with Crippen LogP contribution < -0.4 is 0 Å². The van der Waals surface area contributed by atoms with E-state index in [0.29, 0.717) is 19.0 Å². The molecule has 0 aliphatic carbocycles. The van der Waals surface area contributed by atoms with E-state index in [9.17, 15) is 4.79 Å². The van der Waals surface area contributed by atoms with Crippen LogP contribution in [0, 0.1) is 0 Å². The second kappa shape index (κ2) is 6.21. The summed E-state index contributed by atoms with van der Waals surface area (Å²) >= 11 is 0. The summed E-state index contributed by atoms with van der Waals surface area (Å²) in [5.41, 5.74) is 0. The number of ether oxygens (including phenoxy) is 2. The lowest BCUT2D eigenvalue weighted by atomic mass is 10.4. The molecule has 1 rings (SSSR count). The molecule has 0 saturated heterocycles. The van der Waals surface area contributed by atoms with Crippen LogP contribution in [0.15, 0.2) is 16.5 Å². The second-order valence-electron chi connectivity index (χ2n) is 2.97. The molecule has 0 fully saturated rings. The largest absolute Gasteiger partial charge is 0.475 e. The van der Waals surface area contributed by atoms with Gasteiger partial charge in [0, 0.05) is 20.3 Å². The third kappa shape index (κ3) is 4.14. The highest BCUT2D eigenvalue weighted by molar-refractivity contribution is 5.84. The molecule has 0 amide bonds. The number of methoxy groups -OCH3 is 1. The van der Waals surface area contributed by atoms with Crippen LogP contribution in [-0.2, 0) is 16.1 Å². The van der Waals surface area contributed by atoms with Crippen molar-refractivity contribution in [2.24, 2.45) is 0 Å². The first-order valence-electron chi connectivity index (χ1n) is 4.62. The van der Waals surface area contributed by atoms with Gasteiger partial charge in [0.15, 0.2) is 0 Å². The zero-order chi connectivity index (χ0) is 11.1. The number of aromatic carboxylic acids is 1. The molecule has 84 valence electrons. The van der Waals surface area contributed by atoms with Crippen LogP contribution in [0.2, 0.25) is 0 Å². The van der Waals surface area contributed by atoms with Gasteiger partial charge in [-0.15, -0.1) is 0 Å². The van der Waals surface area contributed by atoms with E-state index in [0.717, 1.165) is 6.42 Å². The SMILES string of the molecule is COCCCOCc1ccc(C(=O)O)o1. The molecule has 0 aliphatic heterocycles. The highest BCUT2D eigenvalue weighted by Gasteiger charge is 2.08. The molecule has 1 N–H and O–H groups in total. The van der Waals surface area contributed by atoms with Crippen LogP contribution in [0.4, 0.5) is 0 Å². The molecule has 0 radical (unpaired) electrons. The fourth-order valence-corrected chi connectivity index (χ4v) is 1.05. The number of hydrogen-bond acceptors (Lipinski definition) is 4. The molecular weight excluding hydrogens is 200 g/mol. The highest BCUT2D eigenvalue weighted by Crippen LogP contribution is 2.08. The number of carbonyl (C=O) groups is 1. The molecule has 1 heterocycles. The van der Waals surface area contributed by atoms with E-state index in [1.54, 1.807) is 13.2 Å². The van der Waals surface area contributed by atoms with Gasteiger partial charge in [-0.1, -0.05) is 0 Å². The van der Waals surface area contributed by atoms with E-state index >= 15 is 0 Å². The number of furan rings is 1. The molecule has 0 aromatic carbocycles. The van der Waals surface area contributed by atoms with Crippen molar-refractivity contribution >= 4 is 5.97 Å². The summed E-state index contributed by atoms with van der Waals surface area (Å²) in [5.74, 6) is -0.615. The second-order valence-corrected chi connectivity index (χ2v) is 2.97. The Hall–Kier alpha value is -1.33. The maximum Gasteiger partial charge on any atom is 0.371 e. The smallest absolute Gasteiger partial charge is 0.371 e. The Labute approximate surface area is 87.6 Å². The summed E-state index contributed by atoms with van der Waals surface area (Å²) in [6, 6.07) is 3.01. The molecular formula is C10H14O5. The summed E-state index contributed by atoms with van der Waals surface area (Å²) in [5, 5.41) is 8.59. The predicted molar refractivity (Wildman–Crippen MR) is 51.8 cm³/mol. The van der Waals surface area contributed by atoms with Crippen molar-refractivity contribution in [2.75, 3.05) is 20.3 Å². The average Bonchev–Trinajstić information content (AvgIpc) is 2.66. The Balaban J connectivity index is 2.23. The monoisotopic (exact) mass is 214 g/mol. The van der Waals surface area contributed by atoms with Gasteiger partial charge in [0.05, 0.1) is 0 Å². The van der Waals surface area contributed by atoms with Crippen molar-refractivity contribution in [1.29, 1.82) is 0 Å². The predicted octanol–water partition coefficient (Wildman–Crippen LogP) is 1.53. The Morgan fingerprint density at radius 1 is 1.47 bits per heavy atom. The van der Waals surface area contributed by atoms with Gasteiger partial charge in [-0.25, -0.2) is 4.79 Å². The van der Waals surface area contributed by atoms with Crippen LogP contribution in [-0.4, -0.2) is 31.4 Å². The van der Waals surface area contributed by atoms with Gasteiger partial charge in [0.25, 0.3) is 0 Å². The first kappa shape index (κ1) is 11.7. The fourth-order valence-electron chi connectivity index (χ4n) is 1.05. The Bertz CT molecular complexity index is 305. The molecule has 0 saturated carbocycles. The molecule has 0 bridgehead atoms. The Kier molecular flexibility index (Phi) is 4.86. The maximum absolute atomic E-state index is 10.5. The van der Waals surface area contributed by atoms with Gasteiger partial charge in [0.1, 0.15) is 12.4 Å². The minimum Gasteiger partial charge on any atom is -0.475 e. The molecule has 5 heteroatoms. The molecule has 15 heavy (non-hydrogen) atoms. The third-order valence-electron chi connectivity index (χ3n) is 1.75. The van der Waals surface area contributed by atoms with Crippen LogP contribution in [0.25, 0.3) is 0 Å². The van der Waals surface area contributed by atoms with Gasteiger partial charge in [-0.05, 0) is 18.6 Å². The number of hydrogen-bond donors (Lipinski definition) is 1. The van der Waals surface area contributed by atoms with Crippen molar-refractivity contribution in [3.63, 3.8) is 0 Å². The standard InChI is InChI=1S/C10H14O5/c1-13-5-2-6-14-7-8-3-4-9(15-8)10(11)12/h3-4H,2,5-7H2,1H3,(H,11,12). The summed E-state index contributed by atoms with van der Waals surface area (Å²) in [6.07, 6.45) is 0.809. The quantitative estimate of drug-likeness (QED) is 0.697. The van der Waals surface area contributed by atoms with E-state index in [-0.39, 0.29) is 12.4 Å². The zero-order valence-corrected chi connectivity index (χ0v) is 8.56. The highest BCUT2D eigenvalue weighted by atomic mass is 16.5. The minimum atomic E-state index is -1.07. The van der Waals surface area contributed by atoms with Gasteiger partial charge in [-0.2, -0.15) is 0 Å². The number of carboxylic acid groups (broad SMARTS) is 1. The normalized spacial score (nSPS) is 10.5. The zero-order valence-electron chi connectivity index (χ0n) is 8.56. The van der Waals surface area contributed by atoms with Gasteiger partial charge >= 0.3 is 5.97 Å². The van der Waals surface area contributed by atoms with Crippen LogP contribution in [0.3, 0.4) is 0 Å². The van der Waals surface area contributed by atoms with Gasteiger partial charge < -0.3 is 19.0 Å². The third-order valence-corrected chi connectivity index (χ3v) is 1.75. The Morgan fingerprint density at radius 2 is 2.27 bits per heavy atom. The summed E-state index contributed by atoms with van der Waals surface area (Å²) in [4.78, 5) is 10.5. The lowest BCUT2D eigenvalue weighted by Gasteiger charge is -2.00. The molecule has 0 unspecified atom stereocenters. The minimum absolute atomic E-state index is 0.0644. The van der Waals surface area contributed by atoms with Crippen LogP contribution in [0.1, 0.15) is 22.7 Å². The molecule has 0 spiro atoms. The van der Waals surface area contributed by atoms with Crippen molar-refractivity contribution in [2.45, 2.75) is 13.0 Å². The van der Waals surface area contributed by atoms with Crippen molar-refractivity contribution in [1.82, 2.24) is 0 Å². The lowest BCUT2D eigenvalue weighted by molar-refractivity contribution is 0.0637. The van der Waals surface area contributed by atoms with Crippen LogP contribution in [0.5, 0.6) is 0 Å². The Morgan fingerprint density at radius 3 is 2.87 bits per heavy atom. The average molecular weight is 214 g/mol. The van der Waals surface area contributed by atoms with Crippen LogP contribution >= 0.6 is 0 Å². The molecule has 1 aromatic heterocycles. The van der Waals surface area contributed by atoms with E-state index in [4.69, 9.17) is 19.0 Å².